The second kappa shape index (κ2) is 8.48. The third kappa shape index (κ3) is 6.64. The van der Waals surface area contributed by atoms with Crippen LogP contribution in [0, 0.1) is 5.92 Å². The Bertz CT molecular complexity index is 217. The number of nitrogens with one attached hydrogen (secondary N) is 1. The Kier molecular flexibility index (Phi) is 8.17. The molecule has 0 aliphatic rings. The molecule has 4 heteroatoms. The fourth-order valence-electron chi connectivity index (χ4n) is 1.80. The Balaban J connectivity index is 4.15. The largest absolute Gasteiger partial charge is 0.395 e. The predicted molar refractivity (Wildman–Crippen MR) is 70.9 cm³/mol. The van der Waals surface area contributed by atoms with Gasteiger partial charge in [-0.1, -0.05) is 13.8 Å². The van der Waals surface area contributed by atoms with E-state index in [0.29, 0.717) is 12.5 Å². The number of aliphatic hydroxyl groups is 1. The van der Waals surface area contributed by atoms with E-state index in [1.165, 1.54) is 0 Å². The van der Waals surface area contributed by atoms with Gasteiger partial charge in [0, 0.05) is 19.1 Å². The third-order valence-electron chi connectivity index (χ3n) is 2.92. The zero-order valence-electron chi connectivity index (χ0n) is 11.9. The van der Waals surface area contributed by atoms with Gasteiger partial charge in [-0.05, 0) is 33.1 Å². The van der Waals surface area contributed by atoms with Crippen molar-refractivity contribution in [2.24, 2.45) is 5.92 Å². The molecule has 0 bridgehead atoms. The lowest BCUT2D eigenvalue weighted by molar-refractivity contribution is -0.126. The first-order chi connectivity index (χ1) is 7.90. The summed E-state index contributed by atoms with van der Waals surface area (Å²) in [5.41, 5.74) is 0. The summed E-state index contributed by atoms with van der Waals surface area (Å²) in [4.78, 5) is 13.9. The molecule has 0 aromatic heterocycles. The van der Waals surface area contributed by atoms with Crippen LogP contribution in [0.1, 0.15) is 41.0 Å². The lowest BCUT2D eigenvalue weighted by Crippen LogP contribution is -2.49. The molecule has 0 saturated heterocycles. The van der Waals surface area contributed by atoms with Gasteiger partial charge in [-0.2, -0.15) is 0 Å². The molecule has 0 aliphatic heterocycles. The molecule has 0 saturated carbocycles. The maximum Gasteiger partial charge on any atom is 0.237 e. The second-order valence-corrected chi connectivity index (χ2v) is 5.20. The van der Waals surface area contributed by atoms with Gasteiger partial charge in [0.15, 0.2) is 0 Å². The molecule has 17 heavy (non-hydrogen) atoms. The van der Waals surface area contributed by atoms with Gasteiger partial charge in [0.1, 0.15) is 0 Å². The maximum atomic E-state index is 11.9. The first-order valence-electron chi connectivity index (χ1n) is 6.54. The zero-order chi connectivity index (χ0) is 13.4. The van der Waals surface area contributed by atoms with Crippen LogP contribution in [0.4, 0.5) is 0 Å². The summed E-state index contributed by atoms with van der Waals surface area (Å²) in [6, 6.07) is 0.0716. The van der Waals surface area contributed by atoms with E-state index in [1.54, 1.807) is 0 Å². The summed E-state index contributed by atoms with van der Waals surface area (Å²) in [5, 5.41) is 11.9. The summed E-state index contributed by atoms with van der Waals surface area (Å²) in [7, 11) is 0. The van der Waals surface area contributed by atoms with Crippen molar-refractivity contribution in [1.29, 1.82) is 0 Å². The molecule has 0 radical (unpaired) electrons. The van der Waals surface area contributed by atoms with Crippen molar-refractivity contribution in [3.05, 3.63) is 0 Å². The van der Waals surface area contributed by atoms with E-state index in [9.17, 15) is 4.79 Å². The first-order valence-corrected chi connectivity index (χ1v) is 6.54. The van der Waals surface area contributed by atoms with Gasteiger partial charge in [0.25, 0.3) is 0 Å². The van der Waals surface area contributed by atoms with Crippen LogP contribution in [0.3, 0.4) is 0 Å². The number of amides is 1. The van der Waals surface area contributed by atoms with Gasteiger partial charge in [0.05, 0.1) is 12.6 Å². The van der Waals surface area contributed by atoms with Gasteiger partial charge in [-0.3, -0.25) is 9.69 Å². The molecule has 1 unspecified atom stereocenters. The molecule has 0 fully saturated rings. The van der Waals surface area contributed by atoms with Crippen molar-refractivity contribution >= 4 is 5.91 Å². The molecule has 4 nitrogen and oxygen atoms in total. The van der Waals surface area contributed by atoms with E-state index in [1.807, 2.05) is 25.7 Å². The van der Waals surface area contributed by atoms with Crippen LogP contribution in [-0.4, -0.2) is 47.7 Å². The minimum atomic E-state index is -0.186. The van der Waals surface area contributed by atoms with Crippen LogP contribution in [0.5, 0.6) is 0 Å². The lowest BCUT2D eigenvalue weighted by atomic mass is 10.1. The second-order valence-electron chi connectivity index (χ2n) is 5.20. The Hall–Kier alpha value is -0.610. The standard InChI is InChI=1S/C13H28N2O2/c1-10(2)6-7-14-13(17)12(5)15(8-9-16)11(3)4/h10-12,16H,6-9H2,1-5H3,(H,14,17). The molecule has 102 valence electrons. The summed E-state index contributed by atoms with van der Waals surface area (Å²) in [6.45, 7) is 11.6. The topological polar surface area (TPSA) is 52.6 Å². The highest BCUT2D eigenvalue weighted by atomic mass is 16.3. The predicted octanol–water partition coefficient (Wildman–Crippen LogP) is 1.24. The zero-order valence-corrected chi connectivity index (χ0v) is 11.9. The minimum Gasteiger partial charge on any atom is -0.395 e. The first kappa shape index (κ1) is 16.4. The van der Waals surface area contributed by atoms with E-state index in [2.05, 4.69) is 19.2 Å². The average molecular weight is 244 g/mol. The Morgan fingerprint density at radius 2 is 1.82 bits per heavy atom. The van der Waals surface area contributed by atoms with E-state index in [0.717, 1.165) is 13.0 Å². The number of carbonyl (C=O) groups excluding carboxylic acids is 1. The van der Waals surface area contributed by atoms with Gasteiger partial charge < -0.3 is 10.4 Å². The van der Waals surface area contributed by atoms with Crippen molar-refractivity contribution in [3.8, 4) is 0 Å². The van der Waals surface area contributed by atoms with Gasteiger partial charge >= 0.3 is 0 Å². The molecular formula is C13H28N2O2. The molecule has 0 spiro atoms. The molecule has 1 atom stereocenters. The van der Waals surface area contributed by atoms with Crippen molar-refractivity contribution in [3.63, 3.8) is 0 Å². The molecule has 1 amide bonds. The number of aliphatic hydroxyl groups excluding tert-OH is 1. The smallest absolute Gasteiger partial charge is 0.237 e. The molecule has 0 heterocycles. The number of carbonyl (C=O) groups is 1. The van der Waals surface area contributed by atoms with Gasteiger partial charge in [-0.15, -0.1) is 0 Å². The number of hydrogen-bond acceptors (Lipinski definition) is 3. The third-order valence-corrected chi connectivity index (χ3v) is 2.92. The van der Waals surface area contributed by atoms with Gasteiger partial charge in [0.2, 0.25) is 5.91 Å². The Morgan fingerprint density at radius 3 is 2.24 bits per heavy atom. The quantitative estimate of drug-likeness (QED) is 0.675. The highest BCUT2D eigenvalue weighted by Crippen LogP contribution is 2.05. The summed E-state index contributed by atoms with van der Waals surface area (Å²) in [6.07, 6.45) is 1.00. The van der Waals surface area contributed by atoms with E-state index < -0.39 is 0 Å². The molecule has 0 rings (SSSR count). The van der Waals surface area contributed by atoms with Crippen LogP contribution < -0.4 is 5.32 Å². The molecule has 0 aromatic rings. The van der Waals surface area contributed by atoms with E-state index in [-0.39, 0.29) is 24.6 Å². The number of rotatable bonds is 8. The van der Waals surface area contributed by atoms with Crippen molar-refractivity contribution in [1.82, 2.24) is 10.2 Å². The van der Waals surface area contributed by atoms with Gasteiger partial charge in [-0.25, -0.2) is 0 Å². The van der Waals surface area contributed by atoms with Crippen LogP contribution in [0.15, 0.2) is 0 Å². The van der Waals surface area contributed by atoms with E-state index in [4.69, 9.17) is 5.11 Å². The van der Waals surface area contributed by atoms with Crippen molar-refractivity contribution < 1.29 is 9.90 Å². The van der Waals surface area contributed by atoms with Crippen molar-refractivity contribution in [2.45, 2.75) is 53.1 Å². The maximum absolute atomic E-state index is 11.9. The van der Waals surface area contributed by atoms with Crippen molar-refractivity contribution in [2.75, 3.05) is 19.7 Å². The van der Waals surface area contributed by atoms with Crippen LogP contribution in [0.25, 0.3) is 0 Å². The Labute approximate surface area is 105 Å². The fraction of sp³-hybridized carbons (Fsp3) is 0.923. The normalized spacial score (nSPS) is 13.5. The number of nitrogens with zero attached hydrogens (tertiary/aromatic N) is 1. The van der Waals surface area contributed by atoms with E-state index >= 15 is 0 Å². The summed E-state index contributed by atoms with van der Waals surface area (Å²) < 4.78 is 0. The average Bonchev–Trinajstić information content (AvgIpc) is 2.23. The highest BCUT2D eigenvalue weighted by Gasteiger charge is 2.22. The molecule has 2 N–H and O–H groups in total. The minimum absolute atomic E-state index is 0.0489. The SMILES string of the molecule is CC(C)CCNC(=O)C(C)N(CCO)C(C)C. The Morgan fingerprint density at radius 1 is 1.24 bits per heavy atom. The monoisotopic (exact) mass is 244 g/mol. The molecule has 0 aromatic carbocycles. The number of hydrogen-bond donors (Lipinski definition) is 2. The fourth-order valence-corrected chi connectivity index (χ4v) is 1.80. The highest BCUT2D eigenvalue weighted by molar-refractivity contribution is 5.81. The lowest BCUT2D eigenvalue weighted by Gasteiger charge is -2.31. The molecular weight excluding hydrogens is 216 g/mol. The summed E-state index contributed by atoms with van der Waals surface area (Å²) >= 11 is 0. The summed E-state index contributed by atoms with van der Waals surface area (Å²) in [5.74, 6) is 0.650. The van der Waals surface area contributed by atoms with Crippen LogP contribution in [-0.2, 0) is 4.79 Å². The molecule has 0 aliphatic carbocycles. The van der Waals surface area contributed by atoms with Crippen LogP contribution in [0.2, 0.25) is 0 Å². The van der Waals surface area contributed by atoms with Crippen LogP contribution >= 0.6 is 0 Å².